The van der Waals surface area contributed by atoms with Crippen LogP contribution >= 0.6 is 0 Å². The highest BCUT2D eigenvalue weighted by atomic mass is 32.2. The van der Waals surface area contributed by atoms with Gasteiger partial charge in [-0.3, -0.25) is 19.6 Å². The van der Waals surface area contributed by atoms with Crippen molar-refractivity contribution in [3.05, 3.63) is 87.7 Å². The molecule has 0 unspecified atom stereocenters. The minimum Gasteiger partial charge on any atom is -0.451 e. The summed E-state index contributed by atoms with van der Waals surface area (Å²) < 4.78 is 31.6. The number of carbonyl (C=O) groups excluding carboxylic acids is 1. The largest absolute Gasteiger partial charge is 0.451 e. The van der Waals surface area contributed by atoms with Crippen molar-refractivity contribution in [3.63, 3.8) is 0 Å². The zero-order valence-electron chi connectivity index (χ0n) is 14.1. The predicted molar refractivity (Wildman–Crippen MR) is 97.2 cm³/mol. The maximum absolute atomic E-state index is 12.7. The molecule has 1 N–H and O–H groups in total. The second kappa shape index (κ2) is 7.04. The van der Waals surface area contributed by atoms with E-state index >= 15 is 0 Å². The van der Waals surface area contributed by atoms with Crippen LogP contribution in [0.2, 0.25) is 0 Å². The molecule has 1 aromatic heterocycles. The summed E-state index contributed by atoms with van der Waals surface area (Å²) in [6, 6.07) is 13.0. The van der Waals surface area contributed by atoms with Gasteiger partial charge in [-0.15, -0.1) is 0 Å². The van der Waals surface area contributed by atoms with Crippen LogP contribution in [0.4, 0.5) is 11.4 Å². The topological polar surface area (TPSA) is 120 Å². The van der Waals surface area contributed by atoms with Gasteiger partial charge in [0, 0.05) is 17.2 Å². The van der Waals surface area contributed by atoms with Gasteiger partial charge in [-0.25, -0.2) is 0 Å². The van der Waals surface area contributed by atoms with Gasteiger partial charge in [0.05, 0.1) is 11.2 Å². The van der Waals surface area contributed by atoms with Crippen LogP contribution < -0.4 is 4.72 Å². The summed E-state index contributed by atoms with van der Waals surface area (Å²) >= 11 is 0. The molecule has 0 aliphatic carbocycles. The molecule has 138 valence electrons. The molecule has 3 rings (SSSR count). The first-order valence-corrected chi connectivity index (χ1v) is 9.23. The number of nitrogens with one attached hydrogen (secondary N) is 1. The number of rotatable bonds is 6. The van der Waals surface area contributed by atoms with E-state index in [1.807, 2.05) is 0 Å². The number of ketones is 1. The lowest BCUT2D eigenvalue weighted by Gasteiger charge is -2.09. The molecular weight excluding hydrogens is 372 g/mol. The second-order valence-electron chi connectivity index (χ2n) is 5.67. The van der Waals surface area contributed by atoms with Gasteiger partial charge in [-0.1, -0.05) is 24.3 Å². The average molecular weight is 386 g/mol. The zero-order chi connectivity index (χ0) is 19.6. The molecule has 0 saturated heterocycles. The van der Waals surface area contributed by atoms with Crippen molar-refractivity contribution in [2.45, 2.75) is 12.0 Å². The van der Waals surface area contributed by atoms with E-state index in [1.165, 1.54) is 24.5 Å². The molecule has 2 aromatic carbocycles. The maximum atomic E-state index is 12.7. The lowest BCUT2D eigenvalue weighted by molar-refractivity contribution is -0.383. The summed E-state index contributed by atoms with van der Waals surface area (Å²) in [6.07, 6.45) is 1.17. The molecule has 0 fully saturated rings. The van der Waals surface area contributed by atoms with Crippen molar-refractivity contribution in [1.29, 1.82) is 0 Å². The number of hydrogen-bond donors (Lipinski definition) is 1. The van der Waals surface area contributed by atoms with Gasteiger partial charge >= 0.3 is 0 Å². The van der Waals surface area contributed by atoms with E-state index in [-0.39, 0.29) is 17.0 Å². The molecule has 0 aliphatic heterocycles. The van der Waals surface area contributed by atoms with Gasteiger partial charge in [-0.05, 0) is 36.8 Å². The van der Waals surface area contributed by atoms with E-state index < -0.39 is 25.7 Å². The van der Waals surface area contributed by atoms with Gasteiger partial charge in [-0.2, -0.15) is 8.42 Å². The SMILES string of the molecule is Cc1ccccc1C(=O)c1ccc([N+](=O)[O-])c(NS(=O)(=O)c2ccco2)c1. The molecule has 3 aromatic rings. The number of nitrogens with zero attached hydrogens (tertiary/aromatic N) is 1. The van der Waals surface area contributed by atoms with E-state index in [1.54, 1.807) is 31.2 Å². The Balaban J connectivity index is 2.05. The summed E-state index contributed by atoms with van der Waals surface area (Å²) in [5.74, 6) is -0.374. The van der Waals surface area contributed by atoms with Crippen LogP contribution in [0.15, 0.2) is 70.4 Å². The Morgan fingerprint density at radius 2 is 1.85 bits per heavy atom. The Labute approximate surface area is 154 Å². The van der Waals surface area contributed by atoms with Crippen molar-refractivity contribution >= 4 is 27.2 Å². The molecular formula is C18H14N2O6S. The van der Waals surface area contributed by atoms with E-state index in [9.17, 15) is 23.3 Å². The minimum atomic E-state index is -4.17. The fourth-order valence-electron chi connectivity index (χ4n) is 2.51. The zero-order valence-corrected chi connectivity index (χ0v) is 14.9. The molecule has 0 bridgehead atoms. The summed E-state index contributed by atoms with van der Waals surface area (Å²) in [5, 5.41) is 10.9. The van der Waals surface area contributed by atoms with Crippen LogP contribution in [0.25, 0.3) is 0 Å². The number of anilines is 1. The molecule has 0 radical (unpaired) electrons. The highest BCUT2D eigenvalue weighted by molar-refractivity contribution is 7.92. The normalized spacial score (nSPS) is 11.1. The van der Waals surface area contributed by atoms with Crippen molar-refractivity contribution in [1.82, 2.24) is 0 Å². The Bertz CT molecular complexity index is 1120. The van der Waals surface area contributed by atoms with E-state index in [2.05, 4.69) is 4.72 Å². The molecule has 1 heterocycles. The first kappa shape index (κ1) is 18.3. The monoisotopic (exact) mass is 386 g/mol. The fraction of sp³-hybridized carbons (Fsp3) is 0.0556. The number of nitro benzene ring substituents is 1. The quantitative estimate of drug-likeness (QED) is 0.393. The van der Waals surface area contributed by atoms with Gasteiger partial charge in [0.2, 0.25) is 5.09 Å². The Kier molecular flexibility index (Phi) is 4.78. The lowest BCUT2D eigenvalue weighted by atomic mass is 9.98. The average Bonchev–Trinajstić information content (AvgIpc) is 3.16. The Hall–Kier alpha value is -3.46. The standard InChI is InChI=1S/C18H14N2O6S/c1-12-5-2-3-6-14(12)18(21)13-8-9-16(20(22)23)15(11-13)19-27(24,25)17-7-4-10-26-17/h2-11,19H,1H3. The molecule has 0 aliphatic rings. The van der Waals surface area contributed by atoms with Gasteiger partial charge in [0.15, 0.2) is 5.78 Å². The van der Waals surface area contributed by atoms with Crippen LogP contribution in [0.3, 0.4) is 0 Å². The number of aryl methyl sites for hydroxylation is 1. The van der Waals surface area contributed by atoms with E-state index in [4.69, 9.17) is 4.42 Å². The molecule has 27 heavy (non-hydrogen) atoms. The first-order chi connectivity index (χ1) is 12.8. The smallest absolute Gasteiger partial charge is 0.295 e. The van der Waals surface area contributed by atoms with Crippen molar-refractivity contribution in [2.75, 3.05) is 4.72 Å². The maximum Gasteiger partial charge on any atom is 0.295 e. The number of hydrogen-bond acceptors (Lipinski definition) is 6. The Morgan fingerprint density at radius 3 is 2.48 bits per heavy atom. The molecule has 0 atom stereocenters. The number of furan rings is 1. The number of sulfonamides is 1. The third kappa shape index (κ3) is 3.72. The number of nitro groups is 1. The van der Waals surface area contributed by atoms with E-state index in [0.717, 1.165) is 17.7 Å². The van der Waals surface area contributed by atoms with Crippen LogP contribution in [-0.2, 0) is 10.0 Å². The third-order valence-electron chi connectivity index (χ3n) is 3.85. The molecule has 0 amide bonds. The highest BCUT2D eigenvalue weighted by Crippen LogP contribution is 2.29. The number of carbonyl (C=O) groups is 1. The van der Waals surface area contributed by atoms with Crippen molar-refractivity contribution in [3.8, 4) is 0 Å². The van der Waals surface area contributed by atoms with Crippen LogP contribution in [0.5, 0.6) is 0 Å². The Morgan fingerprint density at radius 1 is 1.11 bits per heavy atom. The molecule has 0 saturated carbocycles. The van der Waals surface area contributed by atoms with E-state index in [0.29, 0.717) is 5.56 Å². The van der Waals surface area contributed by atoms with Gasteiger partial charge in [0.25, 0.3) is 15.7 Å². The van der Waals surface area contributed by atoms with Gasteiger partial charge < -0.3 is 4.42 Å². The summed E-state index contributed by atoms with van der Waals surface area (Å²) in [4.78, 5) is 23.3. The summed E-state index contributed by atoms with van der Waals surface area (Å²) in [6.45, 7) is 1.76. The molecule has 9 heteroatoms. The summed E-state index contributed by atoms with van der Waals surface area (Å²) in [7, 11) is -4.17. The second-order valence-corrected chi connectivity index (χ2v) is 7.28. The summed E-state index contributed by atoms with van der Waals surface area (Å²) in [5.41, 5.74) is 0.471. The third-order valence-corrected chi connectivity index (χ3v) is 5.10. The van der Waals surface area contributed by atoms with Crippen LogP contribution in [0.1, 0.15) is 21.5 Å². The predicted octanol–water partition coefficient (Wildman–Crippen LogP) is 3.53. The van der Waals surface area contributed by atoms with Crippen LogP contribution in [0, 0.1) is 17.0 Å². The van der Waals surface area contributed by atoms with Crippen LogP contribution in [-0.4, -0.2) is 19.1 Å². The molecule has 0 spiro atoms. The number of benzene rings is 2. The molecule has 8 nitrogen and oxygen atoms in total. The van der Waals surface area contributed by atoms with Gasteiger partial charge in [0.1, 0.15) is 5.69 Å². The lowest BCUT2D eigenvalue weighted by Crippen LogP contribution is -2.14. The fourth-order valence-corrected chi connectivity index (χ4v) is 3.51. The highest BCUT2D eigenvalue weighted by Gasteiger charge is 2.24. The van der Waals surface area contributed by atoms with Crippen molar-refractivity contribution in [2.24, 2.45) is 0 Å². The minimum absolute atomic E-state index is 0.118. The first-order valence-electron chi connectivity index (χ1n) is 7.75. The van der Waals surface area contributed by atoms with Crippen molar-refractivity contribution < 1.29 is 22.6 Å².